The summed E-state index contributed by atoms with van der Waals surface area (Å²) < 4.78 is 15.6. The lowest BCUT2D eigenvalue weighted by molar-refractivity contribution is -0.130. The molecule has 0 aromatic heterocycles. The smallest absolute Gasteiger partial charge is 0.339 e. The van der Waals surface area contributed by atoms with Crippen molar-refractivity contribution in [3.8, 4) is 11.5 Å². The number of amides is 1. The van der Waals surface area contributed by atoms with Crippen LogP contribution in [0.2, 0.25) is 5.02 Å². The maximum absolute atomic E-state index is 12.3. The molecule has 1 unspecified atom stereocenters. The van der Waals surface area contributed by atoms with Crippen LogP contribution < -0.4 is 14.8 Å². The number of carbonyl (C=O) groups excluding carboxylic acids is 2. The van der Waals surface area contributed by atoms with E-state index in [-0.39, 0.29) is 22.5 Å². The lowest BCUT2D eigenvalue weighted by atomic mass is 9.95. The molecule has 1 aliphatic rings. The van der Waals surface area contributed by atoms with Gasteiger partial charge in [-0.15, -0.1) is 0 Å². The Morgan fingerprint density at radius 3 is 2.44 bits per heavy atom. The van der Waals surface area contributed by atoms with Gasteiger partial charge in [0.1, 0.15) is 0 Å². The van der Waals surface area contributed by atoms with Crippen molar-refractivity contribution in [1.82, 2.24) is 5.32 Å². The van der Waals surface area contributed by atoms with Crippen LogP contribution in [-0.2, 0) is 9.53 Å². The SMILES string of the molecule is COc1cc(C(=O)OC(C)C(=O)NC2CCCCC2)cc(Cl)c1OC. The molecule has 0 bridgehead atoms. The molecule has 0 radical (unpaired) electrons. The van der Waals surface area contributed by atoms with Crippen LogP contribution in [0.4, 0.5) is 0 Å². The van der Waals surface area contributed by atoms with Crippen LogP contribution in [0.25, 0.3) is 0 Å². The van der Waals surface area contributed by atoms with E-state index in [9.17, 15) is 9.59 Å². The van der Waals surface area contributed by atoms with Crippen LogP contribution in [0.15, 0.2) is 12.1 Å². The molecule has 1 aliphatic carbocycles. The third-order valence-electron chi connectivity index (χ3n) is 4.27. The van der Waals surface area contributed by atoms with Crippen molar-refractivity contribution in [3.63, 3.8) is 0 Å². The number of benzene rings is 1. The Morgan fingerprint density at radius 1 is 1.16 bits per heavy atom. The van der Waals surface area contributed by atoms with E-state index in [1.165, 1.54) is 32.8 Å². The summed E-state index contributed by atoms with van der Waals surface area (Å²) in [5, 5.41) is 3.17. The predicted molar refractivity (Wildman–Crippen MR) is 94.4 cm³/mol. The highest BCUT2D eigenvalue weighted by atomic mass is 35.5. The number of hydrogen-bond acceptors (Lipinski definition) is 5. The van der Waals surface area contributed by atoms with Crippen molar-refractivity contribution in [3.05, 3.63) is 22.7 Å². The first kappa shape index (κ1) is 19.4. The van der Waals surface area contributed by atoms with Crippen LogP contribution in [0.5, 0.6) is 11.5 Å². The molecule has 1 saturated carbocycles. The summed E-state index contributed by atoms with van der Waals surface area (Å²) in [7, 11) is 2.91. The number of carbonyl (C=O) groups is 2. The molecular weight excluding hydrogens is 346 g/mol. The highest BCUT2D eigenvalue weighted by Gasteiger charge is 2.24. The van der Waals surface area contributed by atoms with Crippen LogP contribution in [0.3, 0.4) is 0 Å². The molecule has 1 atom stereocenters. The first-order valence-electron chi connectivity index (χ1n) is 8.39. The molecule has 2 rings (SSSR count). The Bertz CT molecular complexity index is 628. The molecule has 0 heterocycles. The van der Waals surface area contributed by atoms with Gasteiger partial charge in [0.2, 0.25) is 0 Å². The van der Waals surface area contributed by atoms with Crippen LogP contribution in [0.1, 0.15) is 49.4 Å². The van der Waals surface area contributed by atoms with Gasteiger partial charge in [0.15, 0.2) is 17.6 Å². The molecular formula is C18H24ClNO5. The monoisotopic (exact) mass is 369 g/mol. The number of nitrogens with one attached hydrogen (secondary N) is 1. The Labute approximate surface area is 152 Å². The Morgan fingerprint density at radius 2 is 1.84 bits per heavy atom. The number of hydrogen-bond donors (Lipinski definition) is 1. The van der Waals surface area contributed by atoms with Crippen molar-refractivity contribution in [2.24, 2.45) is 0 Å². The van der Waals surface area contributed by atoms with Gasteiger partial charge in [0.05, 0.1) is 24.8 Å². The number of halogens is 1. The fourth-order valence-electron chi connectivity index (χ4n) is 2.88. The minimum absolute atomic E-state index is 0.165. The van der Waals surface area contributed by atoms with Crippen LogP contribution >= 0.6 is 11.6 Å². The maximum Gasteiger partial charge on any atom is 0.339 e. The topological polar surface area (TPSA) is 73.9 Å². The van der Waals surface area contributed by atoms with Gasteiger partial charge in [-0.1, -0.05) is 30.9 Å². The van der Waals surface area contributed by atoms with Gasteiger partial charge in [-0.05, 0) is 31.9 Å². The molecule has 1 aromatic rings. The molecule has 25 heavy (non-hydrogen) atoms. The number of esters is 1. The van der Waals surface area contributed by atoms with Gasteiger partial charge < -0.3 is 19.5 Å². The molecule has 0 aliphatic heterocycles. The standard InChI is InChI=1S/C18H24ClNO5/c1-11(17(21)20-13-7-5-4-6-8-13)25-18(22)12-9-14(19)16(24-3)15(10-12)23-2/h9-11,13H,4-8H2,1-3H3,(H,20,21). The van der Waals surface area contributed by atoms with E-state index in [2.05, 4.69) is 5.32 Å². The van der Waals surface area contributed by atoms with Crippen molar-refractivity contribution >= 4 is 23.5 Å². The van der Waals surface area contributed by atoms with Gasteiger partial charge >= 0.3 is 5.97 Å². The largest absolute Gasteiger partial charge is 0.493 e. The second-order valence-electron chi connectivity index (χ2n) is 6.08. The van der Waals surface area contributed by atoms with Gasteiger partial charge in [-0.3, -0.25) is 4.79 Å². The number of methoxy groups -OCH3 is 2. The molecule has 1 fully saturated rings. The van der Waals surface area contributed by atoms with E-state index in [1.807, 2.05) is 0 Å². The molecule has 7 heteroatoms. The summed E-state index contributed by atoms with van der Waals surface area (Å²) >= 11 is 6.09. The third kappa shape index (κ3) is 5.01. The second kappa shape index (κ2) is 8.94. The lowest BCUT2D eigenvalue weighted by Gasteiger charge is -2.24. The van der Waals surface area contributed by atoms with Crippen molar-refractivity contribution in [2.75, 3.05) is 14.2 Å². The van der Waals surface area contributed by atoms with Crippen molar-refractivity contribution in [1.29, 1.82) is 0 Å². The van der Waals surface area contributed by atoms with E-state index in [0.29, 0.717) is 11.5 Å². The number of ether oxygens (including phenoxy) is 3. The number of rotatable bonds is 6. The molecule has 1 N–H and O–H groups in total. The van der Waals surface area contributed by atoms with E-state index in [4.69, 9.17) is 25.8 Å². The highest BCUT2D eigenvalue weighted by Crippen LogP contribution is 2.36. The average Bonchev–Trinajstić information content (AvgIpc) is 2.61. The summed E-state index contributed by atoms with van der Waals surface area (Å²) in [6.45, 7) is 1.55. The summed E-state index contributed by atoms with van der Waals surface area (Å²) in [6, 6.07) is 3.06. The zero-order valence-electron chi connectivity index (χ0n) is 14.8. The van der Waals surface area contributed by atoms with Crippen molar-refractivity contribution in [2.45, 2.75) is 51.2 Å². The summed E-state index contributed by atoms with van der Waals surface area (Å²) in [5.41, 5.74) is 0.194. The summed E-state index contributed by atoms with van der Waals surface area (Å²) in [4.78, 5) is 24.5. The Hall–Kier alpha value is -1.95. The normalized spacial score (nSPS) is 16.0. The van der Waals surface area contributed by atoms with Gasteiger partial charge in [-0.2, -0.15) is 0 Å². The minimum Gasteiger partial charge on any atom is -0.493 e. The van der Waals surface area contributed by atoms with E-state index in [1.54, 1.807) is 6.92 Å². The minimum atomic E-state index is -0.888. The lowest BCUT2D eigenvalue weighted by Crippen LogP contribution is -2.42. The fraction of sp³-hybridized carbons (Fsp3) is 0.556. The van der Waals surface area contributed by atoms with Gasteiger partial charge in [0.25, 0.3) is 5.91 Å². The predicted octanol–water partition coefficient (Wildman–Crippen LogP) is 3.35. The quantitative estimate of drug-likeness (QED) is 0.778. The average molecular weight is 370 g/mol. The zero-order chi connectivity index (χ0) is 18.4. The van der Waals surface area contributed by atoms with Gasteiger partial charge in [-0.25, -0.2) is 4.79 Å². The highest BCUT2D eigenvalue weighted by molar-refractivity contribution is 6.32. The molecule has 1 amide bonds. The summed E-state index contributed by atoms with van der Waals surface area (Å²) in [6.07, 6.45) is 4.49. The fourth-order valence-corrected chi connectivity index (χ4v) is 3.17. The first-order valence-corrected chi connectivity index (χ1v) is 8.77. The van der Waals surface area contributed by atoms with Gasteiger partial charge in [0, 0.05) is 6.04 Å². The molecule has 138 valence electrons. The molecule has 1 aromatic carbocycles. The molecule has 6 nitrogen and oxygen atoms in total. The van der Waals surface area contributed by atoms with Crippen LogP contribution in [0, 0.1) is 0 Å². The zero-order valence-corrected chi connectivity index (χ0v) is 15.5. The first-order chi connectivity index (χ1) is 12.0. The second-order valence-corrected chi connectivity index (χ2v) is 6.49. The summed E-state index contributed by atoms with van der Waals surface area (Å²) in [5.74, 6) is -0.272. The molecule has 0 spiro atoms. The van der Waals surface area contributed by atoms with Crippen LogP contribution in [-0.4, -0.2) is 38.2 Å². The Balaban J connectivity index is 2.00. The third-order valence-corrected chi connectivity index (χ3v) is 4.55. The van der Waals surface area contributed by atoms with E-state index < -0.39 is 12.1 Å². The maximum atomic E-state index is 12.3. The Kier molecular flexibility index (Phi) is 6.93. The van der Waals surface area contributed by atoms with E-state index in [0.717, 1.165) is 25.7 Å². The van der Waals surface area contributed by atoms with Crippen molar-refractivity contribution < 1.29 is 23.8 Å². The molecule has 0 saturated heterocycles. The van der Waals surface area contributed by atoms with E-state index >= 15 is 0 Å².